The van der Waals surface area contributed by atoms with Crippen LogP contribution in [0.5, 0.6) is 5.75 Å². The SMILES string of the molecule is CC(C(=O)O)N(C)CC(=O)N(C)Cc1ccc(OC(F)F)cc1. The Labute approximate surface area is 133 Å². The molecule has 1 atom stereocenters. The van der Waals surface area contributed by atoms with Crippen LogP contribution in [0.25, 0.3) is 0 Å². The van der Waals surface area contributed by atoms with Crippen LogP contribution in [0.15, 0.2) is 24.3 Å². The zero-order valence-electron chi connectivity index (χ0n) is 13.2. The van der Waals surface area contributed by atoms with Gasteiger partial charge >= 0.3 is 12.6 Å². The number of hydrogen-bond acceptors (Lipinski definition) is 4. The van der Waals surface area contributed by atoms with Gasteiger partial charge in [0.1, 0.15) is 11.8 Å². The van der Waals surface area contributed by atoms with E-state index in [9.17, 15) is 18.4 Å². The van der Waals surface area contributed by atoms with Crippen LogP contribution in [0.1, 0.15) is 12.5 Å². The molecule has 0 spiro atoms. The molecular weight excluding hydrogens is 310 g/mol. The van der Waals surface area contributed by atoms with Crippen LogP contribution in [0.3, 0.4) is 0 Å². The highest BCUT2D eigenvalue weighted by Crippen LogP contribution is 2.15. The number of carboxylic acids is 1. The van der Waals surface area contributed by atoms with Gasteiger partial charge < -0.3 is 14.7 Å². The van der Waals surface area contributed by atoms with Crippen LogP contribution in [-0.2, 0) is 16.1 Å². The predicted octanol–water partition coefficient (Wildman–Crippen LogP) is 1.65. The zero-order valence-corrected chi connectivity index (χ0v) is 13.2. The number of aliphatic carboxylic acids is 1. The normalized spacial score (nSPS) is 12.3. The van der Waals surface area contributed by atoms with Gasteiger partial charge in [-0.25, -0.2) is 0 Å². The highest BCUT2D eigenvalue weighted by atomic mass is 19.3. The minimum absolute atomic E-state index is 0.0312. The van der Waals surface area contributed by atoms with Crippen LogP contribution >= 0.6 is 0 Å². The molecule has 1 amide bonds. The van der Waals surface area contributed by atoms with E-state index < -0.39 is 18.6 Å². The van der Waals surface area contributed by atoms with Gasteiger partial charge in [0.05, 0.1) is 6.54 Å². The lowest BCUT2D eigenvalue weighted by Gasteiger charge is -2.24. The second kappa shape index (κ2) is 8.42. The molecule has 0 aliphatic heterocycles. The summed E-state index contributed by atoms with van der Waals surface area (Å²) in [6, 6.07) is 5.21. The summed E-state index contributed by atoms with van der Waals surface area (Å²) in [6.07, 6.45) is 0. The molecule has 0 radical (unpaired) electrons. The molecular formula is C15H20F2N2O4. The molecule has 1 aromatic rings. The van der Waals surface area contributed by atoms with E-state index in [2.05, 4.69) is 4.74 Å². The van der Waals surface area contributed by atoms with Gasteiger partial charge in [0.2, 0.25) is 5.91 Å². The fraction of sp³-hybridized carbons (Fsp3) is 0.467. The minimum Gasteiger partial charge on any atom is -0.480 e. The topological polar surface area (TPSA) is 70.1 Å². The van der Waals surface area contributed by atoms with E-state index in [1.165, 1.54) is 28.9 Å². The van der Waals surface area contributed by atoms with Gasteiger partial charge in [0, 0.05) is 13.6 Å². The number of ether oxygens (including phenoxy) is 1. The molecule has 1 N–H and O–H groups in total. The molecule has 128 valence electrons. The lowest BCUT2D eigenvalue weighted by molar-refractivity contribution is -0.143. The Morgan fingerprint density at radius 1 is 1.22 bits per heavy atom. The predicted molar refractivity (Wildman–Crippen MR) is 79.3 cm³/mol. The minimum atomic E-state index is -2.88. The van der Waals surface area contributed by atoms with Gasteiger partial charge in [-0.1, -0.05) is 12.1 Å². The second-order valence-electron chi connectivity index (χ2n) is 5.20. The molecule has 0 aliphatic carbocycles. The number of amides is 1. The molecule has 0 bridgehead atoms. The number of rotatable bonds is 8. The second-order valence-corrected chi connectivity index (χ2v) is 5.20. The Bertz CT molecular complexity index is 537. The van der Waals surface area contributed by atoms with E-state index in [1.807, 2.05) is 0 Å². The van der Waals surface area contributed by atoms with Gasteiger partial charge in [-0.2, -0.15) is 8.78 Å². The first kappa shape index (κ1) is 18.8. The Morgan fingerprint density at radius 3 is 2.26 bits per heavy atom. The molecule has 1 unspecified atom stereocenters. The summed E-state index contributed by atoms with van der Waals surface area (Å²) in [5.74, 6) is -1.20. The first-order valence-electron chi connectivity index (χ1n) is 6.91. The van der Waals surface area contributed by atoms with Gasteiger partial charge in [0.15, 0.2) is 0 Å². The summed E-state index contributed by atoms with van der Waals surface area (Å²) < 4.78 is 28.4. The Kier molecular flexibility index (Phi) is 6.89. The number of hydrogen-bond donors (Lipinski definition) is 1. The third-order valence-electron chi connectivity index (χ3n) is 3.40. The Morgan fingerprint density at radius 2 is 1.78 bits per heavy atom. The van der Waals surface area contributed by atoms with Crippen molar-refractivity contribution in [1.82, 2.24) is 9.80 Å². The smallest absolute Gasteiger partial charge is 0.387 e. The number of carbonyl (C=O) groups excluding carboxylic acids is 1. The van der Waals surface area contributed by atoms with Crippen LogP contribution < -0.4 is 4.74 Å². The van der Waals surface area contributed by atoms with Crippen molar-refractivity contribution >= 4 is 11.9 Å². The number of carbonyl (C=O) groups is 2. The van der Waals surface area contributed by atoms with Crippen LogP contribution in [0, 0.1) is 0 Å². The summed E-state index contributed by atoms with van der Waals surface area (Å²) >= 11 is 0. The number of halogens is 2. The monoisotopic (exact) mass is 330 g/mol. The number of nitrogens with zero attached hydrogens (tertiary/aromatic N) is 2. The van der Waals surface area contributed by atoms with Gasteiger partial charge in [-0.15, -0.1) is 0 Å². The quantitative estimate of drug-likeness (QED) is 0.785. The molecule has 1 aromatic carbocycles. The molecule has 0 saturated heterocycles. The average Bonchev–Trinajstić information content (AvgIpc) is 2.47. The largest absolute Gasteiger partial charge is 0.480 e. The van der Waals surface area contributed by atoms with Crippen molar-refractivity contribution in [3.8, 4) is 5.75 Å². The zero-order chi connectivity index (χ0) is 17.6. The standard InChI is InChI=1S/C15H20F2N2O4/c1-10(14(21)22)18(2)9-13(20)19(3)8-11-4-6-12(7-5-11)23-15(16)17/h4-7,10,15H,8-9H2,1-3H3,(H,21,22). The first-order valence-corrected chi connectivity index (χ1v) is 6.91. The van der Waals surface area contributed by atoms with Crippen molar-refractivity contribution in [2.24, 2.45) is 0 Å². The fourth-order valence-corrected chi connectivity index (χ4v) is 1.80. The van der Waals surface area contributed by atoms with E-state index >= 15 is 0 Å². The maximum Gasteiger partial charge on any atom is 0.387 e. The summed E-state index contributed by atoms with van der Waals surface area (Å²) in [5, 5.41) is 8.90. The summed E-state index contributed by atoms with van der Waals surface area (Å²) in [6.45, 7) is -1.13. The van der Waals surface area contributed by atoms with Crippen molar-refractivity contribution in [1.29, 1.82) is 0 Å². The number of alkyl halides is 2. The van der Waals surface area contributed by atoms with Crippen LogP contribution in [0.2, 0.25) is 0 Å². The van der Waals surface area contributed by atoms with Crippen molar-refractivity contribution in [3.63, 3.8) is 0 Å². The number of likely N-dealkylation sites (N-methyl/N-ethyl adjacent to an activating group) is 2. The molecule has 0 aliphatic rings. The molecule has 0 fully saturated rings. The molecule has 0 aromatic heterocycles. The Balaban J connectivity index is 2.56. The first-order chi connectivity index (χ1) is 10.7. The molecule has 6 nitrogen and oxygen atoms in total. The van der Waals surface area contributed by atoms with E-state index in [1.54, 1.807) is 26.2 Å². The van der Waals surface area contributed by atoms with Crippen molar-refractivity contribution in [2.75, 3.05) is 20.6 Å². The number of carboxylic acid groups (broad SMARTS) is 1. The van der Waals surface area contributed by atoms with Gasteiger partial charge in [-0.3, -0.25) is 14.5 Å². The molecule has 1 rings (SSSR count). The van der Waals surface area contributed by atoms with E-state index in [4.69, 9.17) is 5.11 Å². The van der Waals surface area contributed by atoms with Crippen molar-refractivity contribution < 1.29 is 28.2 Å². The van der Waals surface area contributed by atoms with Crippen LogP contribution in [0.4, 0.5) is 8.78 Å². The maximum atomic E-state index is 12.1. The summed E-state index contributed by atoms with van der Waals surface area (Å²) in [7, 11) is 3.15. The highest BCUT2D eigenvalue weighted by molar-refractivity contribution is 5.79. The van der Waals surface area contributed by atoms with Gasteiger partial charge in [0.25, 0.3) is 0 Å². The van der Waals surface area contributed by atoms with Gasteiger partial charge in [-0.05, 0) is 31.7 Å². The average molecular weight is 330 g/mol. The summed E-state index contributed by atoms with van der Waals surface area (Å²) in [4.78, 5) is 25.8. The maximum absolute atomic E-state index is 12.1. The third kappa shape index (κ3) is 6.19. The molecule has 0 saturated carbocycles. The van der Waals surface area contributed by atoms with E-state index in [0.717, 1.165) is 5.56 Å². The third-order valence-corrected chi connectivity index (χ3v) is 3.40. The lowest BCUT2D eigenvalue weighted by Crippen LogP contribution is -2.43. The lowest BCUT2D eigenvalue weighted by atomic mass is 10.2. The van der Waals surface area contributed by atoms with E-state index in [-0.39, 0.29) is 24.7 Å². The summed E-state index contributed by atoms with van der Waals surface area (Å²) in [5.41, 5.74) is 0.747. The molecule has 8 heteroatoms. The highest BCUT2D eigenvalue weighted by Gasteiger charge is 2.20. The van der Waals surface area contributed by atoms with Crippen molar-refractivity contribution in [3.05, 3.63) is 29.8 Å². The fourth-order valence-electron chi connectivity index (χ4n) is 1.80. The van der Waals surface area contributed by atoms with Crippen LogP contribution in [-0.4, -0.2) is 60.1 Å². The van der Waals surface area contributed by atoms with E-state index in [0.29, 0.717) is 0 Å². The molecule has 0 heterocycles. The number of benzene rings is 1. The van der Waals surface area contributed by atoms with Crippen molar-refractivity contribution in [2.45, 2.75) is 26.1 Å². The Hall–Kier alpha value is -2.22. The molecule has 23 heavy (non-hydrogen) atoms.